The van der Waals surface area contributed by atoms with Gasteiger partial charge in [0.25, 0.3) is 0 Å². The van der Waals surface area contributed by atoms with E-state index in [-0.39, 0.29) is 6.61 Å². The zero-order chi connectivity index (χ0) is 18.5. The summed E-state index contributed by atoms with van der Waals surface area (Å²) in [7, 11) is 0. The number of hydrogen-bond acceptors (Lipinski definition) is 3. The molecule has 1 amide bonds. The summed E-state index contributed by atoms with van der Waals surface area (Å²) in [6.07, 6.45) is 6.72. The van der Waals surface area contributed by atoms with Crippen molar-refractivity contribution in [1.29, 1.82) is 0 Å². The molecule has 0 heterocycles. The van der Waals surface area contributed by atoms with E-state index in [1.54, 1.807) is 0 Å². The van der Waals surface area contributed by atoms with Gasteiger partial charge in [0.2, 0.25) is 3.79 Å². The summed E-state index contributed by atoms with van der Waals surface area (Å²) >= 11 is 16.7. The van der Waals surface area contributed by atoms with Crippen LogP contribution in [0.15, 0.2) is 30.3 Å². The number of alkyl carbamates (subject to hydrolysis) is 1. The minimum atomic E-state index is -1.60. The van der Waals surface area contributed by atoms with Crippen LogP contribution in [0.4, 0.5) is 10.5 Å². The summed E-state index contributed by atoms with van der Waals surface area (Å²) < 4.78 is 3.29. The summed E-state index contributed by atoms with van der Waals surface area (Å²) in [5, 5.41) is 2.70. The first-order chi connectivity index (χ1) is 11.9. The molecule has 0 aromatic heterocycles. The highest BCUT2D eigenvalue weighted by Gasteiger charge is 2.22. The lowest BCUT2D eigenvalue weighted by atomic mass is 10.1. The number of halogens is 3. The summed E-state index contributed by atoms with van der Waals surface area (Å²) in [6.45, 7) is 3.13. The highest BCUT2D eigenvalue weighted by molar-refractivity contribution is 6.67. The van der Waals surface area contributed by atoms with Crippen molar-refractivity contribution in [2.45, 2.75) is 49.2 Å². The number of carbonyl (C=O) groups excluding carboxylic acids is 1. The summed E-state index contributed by atoms with van der Waals surface area (Å²) in [5.74, 6) is 0. The lowest BCUT2D eigenvalue weighted by Crippen LogP contribution is -2.39. The van der Waals surface area contributed by atoms with E-state index in [0.29, 0.717) is 6.67 Å². The molecule has 0 saturated carbocycles. The molecule has 1 N–H and O–H groups in total. The zero-order valence-electron chi connectivity index (χ0n) is 14.6. The topological polar surface area (TPSA) is 41.6 Å². The van der Waals surface area contributed by atoms with Crippen LogP contribution in [0.3, 0.4) is 0 Å². The molecule has 0 unspecified atom stereocenters. The quantitative estimate of drug-likeness (QED) is 0.281. The number of anilines is 1. The van der Waals surface area contributed by atoms with Crippen LogP contribution in [0.1, 0.15) is 45.4 Å². The molecule has 25 heavy (non-hydrogen) atoms. The molecule has 0 atom stereocenters. The number of benzene rings is 1. The molecule has 0 aliphatic rings. The zero-order valence-corrected chi connectivity index (χ0v) is 16.9. The van der Waals surface area contributed by atoms with Gasteiger partial charge >= 0.3 is 6.09 Å². The number of para-hydroxylation sites is 1. The summed E-state index contributed by atoms with van der Waals surface area (Å²) in [5.41, 5.74) is 1.05. The highest BCUT2D eigenvalue weighted by atomic mass is 35.6. The van der Waals surface area contributed by atoms with Crippen molar-refractivity contribution < 1.29 is 9.53 Å². The third-order valence-electron chi connectivity index (χ3n) is 3.68. The van der Waals surface area contributed by atoms with E-state index in [9.17, 15) is 4.79 Å². The molecule has 1 rings (SSSR count). The van der Waals surface area contributed by atoms with Crippen molar-refractivity contribution in [2.75, 3.05) is 24.7 Å². The second kappa shape index (κ2) is 12.5. The Kier molecular flexibility index (Phi) is 11.1. The minimum Gasteiger partial charge on any atom is -0.445 e. The van der Waals surface area contributed by atoms with Gasteiger partial charge in [-0.05, 0) is 18.6 Å². The van der Waals surface area contributed by atoms with Crippen LogP contribution in [0.2, 0.25) is 0 Å². The van der Waals surface area contributed by atoms with Crippen LogP contribution < -0.4 is 10.2 Å². The Morgan fingerprint density at radius 1 is 1.08 bits per heavy atom. The smallest absolute Gasteiger partial charge is 0.408 e. The molecule has 4 nitrogen and oxygen atoms in total. The maximum absolute atomic E-state index is 11.7. The van der Waals surface area contributed by atoms with Crippen LogP contribution in [0.5, 0.6) is 0 Å². The van der Waals surface area contributed by atoms with Gasteiger partial charge in [-0.15, -0.1) is 0 Å². The molecule has 0 radical (unpaired) electrons. The summed E-state index contributed by atoms with van der Waals surface area (Å²) in [6, 6.07) is 9.96. The maximum Gasteiger partial charge on any atom is 0.408 e. The number of rotatable bonds is 11. The van der Waals surface area contributed by atoms with Gasteiger partial charge in [0.1, 0.15) is 6.61 Å². The molecule has 0 fully saturated rings. The molecule has 0 saturated heterocycles. The predicted molar refractivity (Wildman–Crippen MR) is 107 cm³/mol. The standard InChI is InChI=1S/C18H27Cl3N2O2/c1-2-3-4-5-6-10-13-23(16-11-8-7-9-12-16)15-22-17(24)25-14-18(19,20)21/h7-9,11-12H,2-6,10,13-15H2,1H3,(H,22,24). The Labute approximate surface area is 165 Å². The fraction of sp³-hybridized carbons (Fsp3) is 0.611. The van der Waals surface area contributed by atoms with E-state index in [1.807, 2.05) is 30.3 Å². The summed E-state index contributed by atoms with van der Waals surface area (Å²) in [4.78, 5) is 13.8. The van der Waals surface area contributed by atoms with Crippen molar-refractivity contribution in [1.82, 2.24) is 5.32 Å². The van der Waals surface area contributed by atoms with E-state index in [4.69, 9.17) is 39.5 Å². The van der Waals surface area contributed by atoms with Gasteiger partial charge < -0.3 is 15.0 Å². The molecule has 142 valence electrons. The fourth-order valence-electron chi connectivity index (χ4n) is 2.38. The van der Waals surface area contributed by atoms with Crippen LogP contribution in [0.25, 0.3) is 0 Å². The first-order valence-corrected chi connectivity index (χ1v) is 9.83. The fourth-order valence-corrected chi connectivity index (χ4v) is 2.54. The minimum absolute atomic E-state index is 0.285. The van der Waals surface area contributed by atoms with E-state index in [1.165, 1.54) is 32.1 Å². The average Bonchev–Trinajstić information content (AvgIpc) is 2.59. The largest absolute Gasteiger partial charge is 0.445 e. The lowest BCUT2D eigenvalue weighted by molar-refractivity contribution is 0.148. The van der Waals surface area contributed by atoms with Crippen molar-refractivity contribution in [3.63, 3.8) is 0 Å². The number of amides is 1. The molecule has 0 spiro atoms. The van der Waals surface area contributed by atoms with Gasteiger partial charge in [0.05, 0.1) is 6.67 Å². The number of nitrogens with zero attached hydrogens (tertiary/aromatic N) is 1. The normalized spacial score (nSPS) is 11.2. The van der Waals surface area contributed by atoms with Gasteiger partial charge in [-0.2, -0.15) is 0 Å². The molecule has 7 heteroatoms. The van der Waals surface area contributed by atoms with Gasteiger partial charge in [-0.25, -0.2) is 4.79 Å². The van der Waals surface area contributed by atoms with Gasteiger partial charge in [0.15, 0.2) is 0 Å². The molecular formula is C18H27Cl3N2O2. The highest BCUT2D eigenvalue weighted by Crippen LogP contribution is 2.25. The van der Waals surface area contributed by atoms with Crippen LogP contribution >= 0.6 is 34.8 Å². The Bertz CT molecular complexity index is 481. The van der Waals surface area contributed by atoms with E-state index in [2.05, 4.69) is 17.1 Å². The second-order valence-electron chi connectivity index (χ2n) is 5.89. The number of alkyl halides is 3. The van der Waals surface area contributed by atoms with Gasteiger partial charge in [-0.1, -0.05) is 92.0 Å². The SMILES string of the molecule is CCCCCCCCN(CNC(=O)OCC(Cl)(Cl)Cl)c1ccccc1. The van der Waals surface area contributed by atoms with E-state index < -0.39 is 9.89 Å². The maximum atomic E-state index is 11.7. The lowest BCUT2D eigenvalue weighted by Gasteiger charge is -2.25. The third kappa shape index (κ3) is 11.4. The number of nitrogens with one attached hydrogen (secondary N) is 1. The Hall–Kier alpha value is -0.840. The first-order valence-electron chi connectivity index (χ1n) is 8.69. The second-order valence-corrected chi connectivity index (χ2v) is 8.41. The van der Waals surface area contributed by atoms with Crippen LogP contribution in [-0.2, 0) is 4.74 Å². The van der Waals surface area contributed by atoms with Crippen molar-refractivity contribution in [2.24, 2.45) is 0 Å². The molecule has 1 aromatic rings. The van der Waals surface area contributed by atoms with Crippen LogP contribution in [-0.4, -0.2) is 29.7 Å². The first kappa shape index (κ1) is 22.2. The van der Waals surface area contributed by atoms with Gasteiger partial charge in [0, 0.05) is 12.2 Å². The van der Waals surface area contributed by atoms with Crippen molar-refractivity contribution in [3.8, 4) is 0 Å². The van der Waals surface area contributed by atoms with Crippen molar-refractivity contribution in [3.05, 3.63) is 30.3 Å². The van der Waals surface area contributed by atoms with E-state index in [0.717, 1.165) is 18.7 Å². The Balaban J connectivity index is 2.42. The monoisotopic (exact) mass is 408 g/mol. The van der Waals surface area contributed by atoms with Crippen molar-refractivity contribution >= 4 is 46.6 Å². The third-order valence-corrected chi connectivity index (χ3v) is 4.01. The number of hydrogen-bond donors (Lipinski definition) is 1. The van der Waals surface area contributed by atoms with Gasteiger partial charge in [-0.3, -0.25) is 0 Å². The Morgan fingerprint density at radius 2 is 1.72 bits per heavy atom. The van der Waals surface area contributed by atoms with E-state index >= 15 is 0 Å². The Morgan fingerprint density at radius 3 is 2.36 bits per heavy atom. The molecular weight excluding hydrogens is 383 g/mol. The molecule has 0 bridgehead atoms. The number of ether oxygens (including phenoxy) is 1. The average molecular weight is 410 g/mol. The number of unbranched alkanes of at least 4 members (excludes halogenated alkanes) is 5. The van der Waals surface area contributed by atoms with Crippen LogP contribution in [0, 0.1) is 0 Å². The predicted octanol–water partition coefficient (Wildman–Crippen LogP) is 5.91. The molecule has 0 aliphatic carbocycles. The molecule has 1 aromatic carbocycles. The molecule has 0 aliphatic heterocycles. The number of carbonyl (C=O) groups is 1.